The molecule has 4 aromatic rings. The number of aryl methyl sites for hydroxylation is 1. The first-order valence-corrected chi connectivity index (χ1v) is 9.99. The van der Waals surface area contributed by atoms with Gasteiger partial charge in [0, 0.05) is 10.7 Å². The van der Waals surface area contributed by atoms with Crippen LogP contribution >= 0.6 is 22.9 Å². The van der Waals surface area contributed by atoms with Crippen LogP contribution < -0.4 is 16.6 Å². The van der Waals surface area contributed by atoms with Crippen LogP contribution in [0.3, 0.4) is 0 Å². The summed E-state index contributed by atoms with van der Waals surface area (Å²) in [5, 5.41) is 4.99. The van der Waals surface area contributed by atoms with Crippen molar-refractivity contribution in [1.29, 1.82) is 0 Å². The Kier molecular flexibility index (Phi) is 5.12. The van der Waals surface area contributed by atoms with Gasteiger partial charge in [0.2, 0.25) is 5.91 Å². The summed E-state index contributed by atoms with van der Waals surface area (Å²) < 4.78 is 8.04. The molecule has 1 N–H and O–H groups in total. The number of amides is 1. The van der Waals surface area contributed by atoms with Crippen LogP contribution in [0.1, 0.15) is 11.3 Å². The Morgan fingerprint density at radius 2 is 2.03 bits per heavy atom. The molecule has 0 fully saturated rings. The van der Waals surface area contributed by atoms with Gasteiger partial charge >= 0.3 is 5.69 Å². The van der Waals surface area contributed by atoms with E-state index in [0.29, 0.717) is 26.7 Å². The second-order valence-corrected chi connectivity index (χ2v) is 7.81. The monoisotopic (exact) mass is 429 g/mol. The van der Waals surface area contributed by atoms with E-state index in [0.717, 1.165) is 10.1 Å². The topological polar surface area (TPSA) is 86.2 Å². The van der Waals surface area contributed by atoms with Crippen molar-refractivity contribution in [1.82, 2.24) is 9.13 Å². The molecular weight excluding hydrogens is 414 g/mol. The quantitative estimate of drug-likeness (QED) is 0.526. The molecule has 0 aliphatic heterocycles. The number of halogens is 1. The third kappa shape index (κ3) is 3.76. The number of furan rings is 1. The average molecular weight is 430 g/mol. The normalized spacial score (nSPS) is 11.1. The first-order chi connectivity index (χ1) is 13.9. The van der Waals surface area contributed by atoms with Gasteiger partial charge < -0.3 is 9.73 Å². The maximum absolute atomic E-state index is 13.0. The lowest BCUT2D eigenvalue weighted by Crippen LogP contribution is -2.41. The molecular formula is C20H16ClN3O4S. The van der Waals surface area contributed by atoms with E-state index in [1.807, 2.05) is 6.92 Å². The first kappa shape index (κ1) is 19.2. The number of hydrogen-bond donors (Lipinski definition) is 1. The van der Waals surface area contributed by atoms with Crippen LogP contribution in [-0.4, -0.2) is 15.0 Å². The zero-order valence-corrected chi connectivity index (χ0v) is 16.9. The van der Waals surface area contributed by atoms with Gasteiger partial charge in [0.05, 0.1) is 18.3 Å². The summed E-state index contributed by atoms with van der Waals surface area (Å²) >= 11 is 7.33. The second kappa shape index (κ2) is 7.73. The van der Waals surface area contributed by atoms with Gasteiger partial charge in [-0.05, 0) is 48.2 Å². The number of carbonyl (C=O) groups excluding carboxylic acids is 1. The Morgan fingerprint density at radius 1 is 1.21 bits per heavy atom. The summed E-state index contributed by atoms with van der Waals surface area (Å²) in [5.41, 5.74) is 0.875. The molecule has 7 nitrogen and oxygen atoms in total. The van der Waals surface area contributed by atoms with Gasteiger partial charge in [-0.3, -0.25) is 18.7 Å². The van der Waals surface area contributed by atoms with Crippen molar-refractivity contribution in [2.75, 3.05) is 5.32 Å². The van der Waals surface area contributed by atoms with Crippen LogP contribution in [-0.2, 0) is 17.9 Å². The molecule has 0 spiro atoms. The van der Waals surface area contributed by atoms with Gasteiger partial charge in [0.1, 0.15) is 17.0 Å². The second-order valence-electron chi connectivity index (χ2n) is 6.49. The van der Waals surface area contributed by atoms with Gasteiger partial charge in [-0.1, -0.05) is 17.7 Å². The van der Waals surface area contributed by atoms with Crippen LogP contribution in [0.5, 0.6) is 0 Å². The van der Waals surface area contributed by atoms with Crippen molar-refractivity contribution >= 4 is 44.7 Å². The fourth-order valence-corrected chi connectivity index (χ4v) is 4.02. The van der Waals surface area contributed by atoms with E-state index in [1.165, 1.54) is 22.2 Å². The maximum Gasteiger partial charge on any atom is 0.332 e. The van der Waals surface area contributed by atoms with Crippen LogP contribution in [0.4, 0.5) is 5.69 Å². The summed E-state index contributed by atoms with van der Waals surface area (Å²) in [5.74, 6) is 0.0770. The van der Waals surface area contributed by atoms with Gasteiger partial charge in [-0.2, -0.15) is 0 Å². The highest BCUT2D eigenvalue weighted by molar-refractivity contribution is 7.17. The number of fused-ring (bicyclic) bond motifs is 1. The number of thiophene rings is 1. The molecule has 3 heterocycles. The highest BCUT2D eigenvalue weighted by Gasteiger charge is 2.17. The number of hydrogen-bond acceptors (Lipinski definition) is 5. The largest absolute Gasteiger partial charge is 0.467 e. The SMILES string of the molecule is Cc1ccc(NC(=O)Cn2c(=O)n(Cc3ccco3)c(=O)c3sccc32)cc1Cl. The lowest BCUT2D eigenvalue weighted by Gasteiger charge is -2.12. The van der Waals surface area contributed by atoms with Crippen molar-refractivity contribution < 1.29 is 9.21 Å². The summed E-state index contributed by atoms with van der Waals surface area (Å²) in [6, 6.07) is 10.2. The van der Waals surface area contributed by atoms with E-state index in [4.69, 9.17) is 16.0 Å². The number of aromatic nitrogens is 2. The Bertz CT molecular complexity index is 1320. The first-order valence-electron chi connectivity index (χ1n) is 8.73. The minimum atomic E-state index is -0.575. The predicted molar refractivity (Wildman–Crippen MR) is 113 cm³/mol. The van der Waals surface area contributed by atoms with Crippen molar-refractivity contribution in [3.63, 3.8) is 0 Å². The van der Waals surface area contributed by atoms with E-state index in [2.05, 4.69) is 5.32 Å². The molecule has 148 valence electrons. The maximum atomic E-state index is 13.0. The minimum absolute atomic E-state index is 0.00625. The number of anilines is 1. The molecule has 0 aliphatic rings. The summed E-state index contributed by atoms with van der Waals surface area (Å²) in [6.07, 6.45) is 1.47. The molecule has 9 heteroatoms. The molecule has 0 aliphatic carbocycles. The number of nitrogens with zero attached hydrogens (tertiary/aromatic N) is 2. The summed E-state index contributed by atoms with van der Waals surface area (Å²) in [4.78, 5) is 38.3. The fourth-order valence-electron chi connectivity index (χ4n) is 3.00. The smallest absolute Gasteiger partial charge is 0.332 e. The van der Waals surface area contributed by atoms with Gasteiger partial charge in [0.25, 0.3) is 5.56 Å². The highest BCUT2D eigenvalue weighted by Crippen LogP contribution is 2.20. The number of rotatable bonds is 5. The van der Waals surface area contributed by atoms with E-state index in [9.17, 15) is 14.4 Å². The van der Waals surface area contributed by atoms with E-state index in [1.54, 1.807) is 41.8 Å². The zero-order valence-electron chi connectivity index (χ0n) is 15.3. The van der Waals surface area contributed by atoms with Crippen molar-refractivity contribution in [3.8, 4) is 0 Å². The highest BCUT2D eigenvalue weighted by atomic mass is 35.5. The van der Waals surface area contributed by atoms with E-state index in [-0.39, 0.29) is 13.1 Å². The lowest BCUT2D eigenvalue weighted by atomic mass is 10.2. The Morgan fingerprint density at radius 3 is 2.76 bits per heavy atom. The van der Waals surface area contributed by atoms with Gasteiger partial charge in [-0.25, -0.2) is 4.79 Å². The Balaban J connectivity index is 1.70. The lowest BCUT2D eigenvalue weighted by molar-refractivity contribution is -0.116. The minimum Gasteiger partial charge on any atom is -0.467 e. The van der Waals surface area contributed by atoms with Crippen LogP contribution in [0.2, 0.25) is 5.02 Å². The zero-order chi connectivity index (χ0) is 20.5. The fraction of sp³-hybridized carbons (Fsp3) is 0.150. The predicted octanol–water partition coefficient (Wildman–Crippen LogP) is 3.47. The molecule has 3 aromatic heterocycles. The van der Waals surface area contributed by atoms with Crippen LogP contribution in [0.25, 0.3) is 10.2 Å². The molecule has 0 atom stereocenters. The van der Waals surface area contributed by atoms with Gasteiger partial charge in [0.15, 0.2) is 0 Å². The van der Waals surface area contributed by atoms with Crippen molar-refractivity contribution in [3.05, 3.63) is 85.2 Å². The molecule has 1 amide bonds. The summed E-state index contributed by atoms with van der Waals surface area (Å²) in [6.45, 7) is 1.62. The number of benzene rings is 1. The molecule has 0 saturated carbocycles. The Labute approximate surface area is 173 Å². The van der Waals surface area contributed by atoms with Crippen LogP contribution in [0.15, 0.2) is 62.0 Å². The Hall–Kier alpha value is -3.10. The van der Waals surface area contributed by atoms with E-state index < -0.39 is 17.2 Å². The number of nitrogens with one attached hydrogen (secondary N) is 1. The standard InChI is InChI=1S/C20H16ClN3O4S/c1-12-4-5-13(9-15(12)21)22-17(25)11-23-16-6-8-29-18(16)19(26)24(20(23)27)10-14-3-2-7-28-14/h2-9H,10-11H2,1H3,(H,22,25). The van der Waals surface area contributed by atoms with Crippen molar-refractivity contribution in [2.45, 2.75) is 20.0 Å². The van der Waals surface area contributed by atoms with Crippen molar-refractivity contribution in [2.24, 2.45) is 0 Å². The third-order valence-electron chi connectivity index (χ3n) is 4.49. The molecule has 0 bridgehead atoms. The van der Waals surface area contributed by atoms with Gasteiger partial charge in [-0.15, -0.1) is 11.3 Å². The molecule has 0 unspecified atom stereocenters. The molecule has 0 saturated heterocycles. The summed E-state index contributed by atoms with van der Waals surface area (Å²) in [7, 11) is 0. The molecule has 4 rings (SSSR count). The molecule has 1 aromatic carbocycles. The molecule has 0 radical (unpaired) electrons. The number of carbonyl (C=O) groups is 1. The van der Waals surface area contributed by atoms with E-state index >= 15 is 0 Å². The molecule has 29 heavy (non-hydrogen) atoms. The van der Waals surface area contributed by atoms with Crippen LogP contribution in [0, 0.1) is 6.92 Å². The average Bonchev–Trinajstić information content (AvgIpc) is 3.37. The third-order valence-corrected chi connectivity index (χ3v) is 5.79.